The number of rotatable bonds is 5. The average Bonchev–Trinajstić information content (AvgIpc) is 3.09. The first-order valence-electron chi connectivity index (χ1n) is 6.66. The minimum absolute atomic E-state index is 0.281. The molecule has 0 aliphatic rings. The van der Waals surface area contributed by atoms with Gasteiger partial charge in [-0.2, -0.15) is 5.21 Å². The molecule has 0 bridgehead atoms. The quantitative estimate of drug-likeness (QED) is 0.736. The van der Waals surface area contributed by atoms with E-state index in [0.29, 0.717) is 21.8 Å². The molecule has 0 saturated heterocycles. The molecular weight excluding hydrogens is 367 g/mol. The van der Waals surface area contributed by atoms with Crippen LogP contribution in [0.25, 0.3) is 11.4 Å². The predicted molar refractivity (Wildman–Crippen MR) is 84.6 cm³/mol. The number of aromatic amines is 1. The van der Waals surface area contributed by atoms with Crippen molar-refractivity contribution in [2.24, 2.45) is 0 Å². The third kappa shape index (κ3) is 3.48. The maximum Gasteiger partial charge on any atom is 0.204 e. The van der Waals surface area contributed by atoms with Crippen LogP contribution in [-0.4, -0.2) is 27.7 Å². The Hall–Kier alpha value is -2.48. The molecular formula is C15H12BrFN4O2. The van der Waals surface area contributed by atoms with Crippen LogP contribution in [-0.2, 0) is 6.61 Å². The average molecular weight is 379 g/mol. The van der Waals surface area contributed by atoms with Gasteiger partial charge in [0.2, 0.25) is 5.82 Å². The second-order valence-electron chi connectivity index (χ2n) is 4.64. The van der Waals surface area contributed by atoms with Gasteiger partial charge in [0, 0.05) is 5.56 Å². The molecule has 0 unspecified atom stereocenters. The molecule has 0 spiro atoms. The lowest BCUT2D eigenvalue weighted by atomic mass is 10.2. The van der Waals surface area contributed by atoms with Gasteiger partial charge in [-0.3, -0.25) is 0 Å². The first-order valence-corrected chi connectivity index (χ1v) is 7.45. The Bertz CT molecular complexity index is 794. The fraction of sp³-hybridized carbons (Fsp3) is 0.133. The number of hydrogen-bond acceptors (Lipinski definition) is 5. The van der Waals surface area contributed by atoms with Crippen LogP contribution in [0.2, 0.25) is 0 Å². The van der Waals surface area contributed by atoms with Gasteiger partial charge in [-0.1, -0.05) is 12.1 Å². The van der Waals surface area contributed by atoms with E-state index in [1.807, 2.05) is 6.07 Å². The summed E-state index contributed by atoms with van der Waals surface area (Å²) in [4.78, 5) is 0. The van der Waals surface area contributed by atoms with Crippen molar-refractivity contribution in [3.63, 3.8) is 0 Å². The van der Waals surface area contributed by atoms with Gasteiger partial charge >= 0.3 is 0 Å². The molecule has 0 aliphatic heterocycles. The molecule has 1 heterocycles. The Labute approximate surface area is 139 Å². The summed E-state index contributed by atoms with van der Waals surface area (Å²) < 4.78 is 24.8. The van der Waals surface area contributed by atoms with E-state index in [1.165, 1.54) is 12.1 Å². The summed E-state index contributed by atoms with van der Waals surface area (Å²) in [5.41, 5.74) is 1.58. The highest BCUT2D eigenvalue weighted by atomic mass is 79.9. The highest BCUT2D eigenvalue weighted by Gasteiger charge is 2.15. The number of ether oxygens (including phenoxy) is 2. The smallest absolute Gasteiger partial charge is 0.204 e. The van der Waals surface area contributed by atoms with Gasteiger partial charge in [0.05, 0.1) is 11.6 Å². The van der Waals surface area contributed by atoms with Gasteiger partial charge < -0.3 is 9.47 Å². The number of hydrogen-bond donors (Lipinski definition) is 1. The van der Waals surface area contributed by atoms with Crippen molar-refractivity contribution in [1.82, 2.24) is 20.6 Å². The van der Waals surface area contributed by atoms with E-state index in [-0.39, 0.29) is 12.4 Å². The third-order valence-electron chi connectivity index (χ3n) is 3.13. The number of aromatic nitrogens is 4. The highest BCUT2D eigenvalue weighted by Crippen LogP contribution is 2.39. The van der Waals surface area contributed by atoms with Crippen molar-refractivity contribution in [3.8, 4) is 22.9 Å². The van der Waals surface area contributed by atoms with E-state index in [0.717, 1.165) is 11.1 Å². The number of H-pyrrole nitrogens is 1. The molecule has 0 amide bonds. The molecule has 118 valence electrons. The van der Waals surface area contributed by atoms with E-state index in [2.05, 4.69) is 36.6 Å². The molecule has 6 nitrogen and oxygen atoms in total. The van der Waals surface area contributed by atoms with Crippen molar-refractivity contribution in [3.05, 3.63) is 52.3 Å². The van der Waals surface area contributed by atoms with Crippen LogP contribution in [0.1, 0.15) is 5.56 Å². The Morgan fingerprint density at radius 3 is 2.65 bits per heavy atom. The molecule has 3 aromatic rings. The second-order valence-corrected chi connectivity index (χ2v) is 5.49. The van der Waals surface area contributed by atoms with Crippen molar-refractivity contribution in [2.75, 3.05) is 7.11 Å². The second kappa shape index (κ2) is 6.74. The zero-order chi connectivity index (χ0) is 16.2. The first kappa shape index (κ1) is 15.4. The lowest BCUT2D eigenvalue weighted by Crippen LogP contribution is -1.99. The van der Waals surface area contributed by atoms with Crippen LogP contribution >= 0.6 is 15.9 Å². The maximum absolute atomic E-state index is 12.9. The predicted octanol–water partition coefficient (Wildman–Crippen LogP) is 3.36. The zero-order valence-corrected chi connectivity index (χ0v) is 13.7. The number of halogens is 2. The lowest BCUT2D eigenvalue weighted by molar-refractivity contribution is 0.282. The summed E-state index contributed by atoms with van der Waals surface area (Å²) in [6, 6.07) is 9.70. The van der Waals surface area contributed by atoms with Crippen LogP contribution < -0.4 is 9.47 Å². The zero-order valence-electron chi connectivity index (χ0n) is 12.1. The molecule has 2 aromatic carbocycles. The molecule has 23 heavy (non-hydrogen) atoms. The summed E-state index contributed by atoms with van der Waals surface area (Å²) >= 11 is 3.46. The number of nitrogens with one attached hydrogen (secondary N) is 1. The SMILES string of the molecule is COc1cc(-c2nn[nH]n2)cc(Br)c1OCc1ccc(F)cc1. The summed E-state index contributed by atoms with van der Waals surface area (Å²) in [5.74, 6) is 1.25. The van der Waals surface area contributed by atoms with Gasteiger partial charge in [-0.05, 0) is 51.0 Å². The molecule has 0 aliphatic carbocycles. The molecule has 1 N–H and O–H groups in total. The Balaban J connectivity index is 1.85. The number of nitrogens with zero attached hydrogens (tertiary/aromatic N) is 3. The minimum atomic E-state index is -0.281. The molecule has 0 radical (unpaired) electrons. The summed E-state index contributed by atoms with van der Waals surface area (Å²) in [6.45, 7) is 0.288. The molecule has 0 fully saturated rings. The molecule has 3 rings (SSSR count). The molecule has 0 saturated carbocycles. The van der Waals surface area contributed by atoms with Crippen LogP contribution in [0.4, 0.5) is 4.39 Å². The molecule has 0 atom stereocenters. The van der Waals surface area contributed by atoms with Gasteiger partial charge in [0.1, 0.15) is 12.4 Å². The van der Waals surface area contributed by atoms with Gasteiger partial charge in [-0.25, -0.2) is 4.39 Å². The summed E-state index contributed by atoms with van der Waals surface area (Å²) in [6.07, 6.45) is 0. The molecule has 1 aromatic heterocycles. The number of benzene rings is 2. The van der Waals surface area contributed by atoms with Crippen LogP contribution in [0.15, 0.2) is 40.9 Å². The van der Waals surface area contributed by atoms with E-state index in [9.17, 15) is 4.39 Å². The van der Waals surface area contributed by atoms with Crippen molar-refractivity contribution in [2.45, 2.75) is 6.61 Å². The van der Waals surface area contributed by atoms with Gasteiger partial charge in [0.15, 0.2) is 11.5 Å². The highest BCUT2D eigenvalue weighted by molar-refractivity contribution is 9.10. The summed E-state index contributed by atoms with van der Waals surface area (Å²) in [5, 5.41) is 13.8. The van der Waals surface area contributed by atoms with Crippen LogP contribution in [0.3, 0.4) is 0 Å². The van der Waals surface area contributed by atoms with E-state index in [1.54, 1.807) is 25.3 Å². The third-order valence-corrected chi connectivity index (χ3v) is 3.72. The Morgan fingerprint density at radius 1 is 1.22 bits per heavy atom. The Morgan fingerprint density at radius 2 is 2.00 bits per heavy atom. The minimum Gasteiger partial charge on any atom is -0.493 e. The lowest BCUT2D eigenvalue weighted by Gasteiger charge is -2.13. The van der Waals surface area contributed by atoms with Crippen molar-refractivity contribution in [1.29, 1.82) is 0 Å². The molecule has 8 heteroatoms. The Kier molecular flexibility index (Phi) is 4.52. The summed E-state index contributed by atoms with van der Waals surface area (Å²) in [7, 11) is 1.55. The largest absolute Gasteiger partial charge is 0.493 e. The van der Waals surface area contributed by atoms with E-state index < -0.39 is 0 Å². The van der Waals surface area contributed by atoms with E-state index in [4.69, 9.17) is 9.47 Å². The monoisotopic (exact) mass is 378 g/mol. The van der Waals surface area contributed by atoms with Crippen LogP contribution in [0, 0.1) is 5.82 Å². The topological polar surface area (TPSA) is 72.9 Å². The van der Waals surface area contributed by atoms with E-state index >= 15 is 0 Å². The fourth-order valence-corrected chi connectivity index (χ4v) is 2.57. The standard InChI is InChI=1S/C15H12BrFN4O2/c1-22-13-7-10(15-18-20-21-19-15)6-12(16)14(13)23-8-9-2-4-11(17)5-3-9/h2-7H,8H2,1H3,(H,18,19,20,21). The van der Waals surface area contributed by atoms with Gasteiger partial charge in [0.25, 0.3) is 0 Å². The first-order chi connectivity index (χ1) is 11.2. The van der Waals surface area contributed by atoms with Gasteiger partial charge in [-0.15, -0.1) is 10.2 Å². The van der Waals surface area contributed by atoms with Crippen molar-refractivity contribution < 1.29 is 13.9 Å². The number of methoxy groups -OCH3 is 1. The van der Waals surface area contributed by atoms with Crippen molar-refractivity contribution >= 4 is 15.9 Å². The van der Waals surface area contributed by atoms with Crippen LogP contribution in [0.5, 0.6) is 11.5 Å². The fourth-order valence-electron chi connectivity index (χ4n) is 2.01. The normalized spacial score (nSPS) is 10.6. The number of tetrazole rings is 1. The maximum atomic E-state index is 12.9.